The third-order valence-corrected chi connectivity index (χ3v) is 2.61. The summed E-state index contributed by atoms with van der Waals surface area (Å²) in [4.78, 5) is 23.0. The Balaban J connectivity index is 2.42. The van der Waals surface area contributed by atoms with E-state index >= 15 is 0 Å². The third-order valence-electron chi connectivity index (χ3n) is 2.61. The van der Waals surface area contributed by atoms with Crippen LogP contribution in [-0.2, 0) is 11.2 Å². The maximum absolute atomic E-state index is 11.7. The molecule has 2 amide bonds. The molecule has 0 fully saturated rings. The molecule has 1 aromatic rings. The quantitative estimate of drug-likeness (QED) is 0.801. The molecule has 1 aromatic carbocycles. The van der Waals surface area contributed by atoms with E-state index < -0.39 is 0 Å². The molecule has 0 atom stereocenters. The zero-order valence-electron chi connectivity index (χ0n) is 11.0. The van der Waals surface area contributed by atoms with Crippen LogP contribution in [0.25, 0.3) is 0 Å². The molecule has 0 spiro atoms. The Morgan fingerprint density at radius 3 is 2.28 bits per heavy atom. The fourth-order valence-corrected chi connectivity index (χ4v) is 1.48. The van der Waals surface area contributed by atoms with Gasteiger partial charge in [-0.15, -0.1) is 0 Å². The molecule has 4 heteroatoms. The Kier molecular flexibility index (Phi) is 5.91. The lowest BCUT2D eigenvalue weighted by molar-refractivity contribution is -0.120. The van der Waals surface area contributed by atoms with Gasteiger partial charge in [0.15, 0.2) is 0 Å². The summed E-state index contributed by atoms with van der Waals surface area (Å²) in [5.41, 5.74) is 1.77. The van der Waals surface area contributed by atoms with Crippen molar-refractivity contribution in [1.82, 2.24) is 10.6 Å². The normalized spacial score (nSPS) is 9.89. The standard InChI is InChI=1S/C14H20N2O2/c1-3-9-15-13(17)10-16-14(18)12-7-5-11(4-2)6-8-12/h5-8H,3-4,9-10H2,1-2H3,(H,15,17)(H,16,18). The zero-order valence-corrected chi connectivity index (χ0v) is 11.0. The summed E-state index contributed by atoms with van der Waals surface area (Å²) in [5, 5.41) is 5.30. The van der Waals surface area contributed by atoms with Gasteiger partial charge in [0.2, 0.25) is 5.91 Å². The van der Waals surface area contributed by atoms with Crippen molar-refractivity contribution in [2.24, 2.45) is 0 Å². The molecule has 0 aromatic heterocycles. The number of rotatable bonds is 6. The van der Waals surface area contributed by atoms with Gasteiger partial charge in [-0.05, 0) is 30.5 Å². The summed E-state index contributed by atoms with van der Waals surface area (Å²) >= 11 is 0. The van der Waals surface area contributed by atoms with Crippen LogP contribution >= 0.6 is 0 Å². The first-order valence-corrected chi connectivity index (χ1v) is 6.31. The van der Waals surface area contributed by atoms with Gasteiger partial charge in [0.1, 0.15) is 0 Å². The fourth-order valence-electron chi connectivity index (χ4n) is 1.48. The Labute approximate surface area is 108 Å². The molecular formula is C14H20N2O2. The molecular weight excluding hydrogens is 228 g/mol. The number of nitrogens with one attached hydrogen (secondary N) is 2. The number of carbonyl (C=O) groups excluding carboxylic acids is 2. The summed E-state index contributed by atoms with van der Waals surface area (Å²) in [6.07, 6.45) is 1.83. The van der Waals surface area contributed by atoms with E-state index in [0.29, 0.717) is 12.1 Å². The lowest BCUT2D eigenvalue weighted by Crippen LogP contribution is -2.37. The highest BCUT2D eigenvalue weighted by atomic mass is 16.2. The zero-order chi connectivity index (χ0) is 13.4. The second-order valence-corrected chi connectivity index (χ2v) is 4.08. The second kappa shape index (κ2) is 7.48. The molecule has 0 saturated carbocycles. The van der Waals surface area contributed by atoms with Crippen LogP contribution in [0.2, 0.25) is 0 Å². The fraction of sp³-hybridized carbons (Fsp3) is 0.429. The van der Waals surface area contributed by atoms with Gasteiger partial charge in [0.25, 0.3) is 5.91 Å². The smallest absolute Gasteiger partial charge is 0.251 e. The maximum Gasteiger partial charge on any atom is 0.251 e. The molecule has 0 aliphatic rings. The van der Waals surface area contributed by atoms with Crippen molar-refractivity contribution < 1.29 is 9.59 Å². The first-order chi connectivity index (χ1) is 8.67. The van der Waals surface area contributed by atoms with Crippen LogP contribution in [0.1, 0.15) is 36.2 Å². The number of hydrogen-bond acceptors (Lipinski definition) is 2. The molecule has 0 saturated heterocycles. The SMILES string of the molecule is CCCNC(=O)CNC(=O)c1ccc(CC)cc1. The predicted molar refractivity (Wildman–Crippen MR) is 71.5 cm³/mol. The van der Waals surface area contributed by atoms with Gasteiger partial charge in [0, 0.05) is 12.1 Å². The van der Waals surface area contributed by atoms with Gasteiger partial charge in [0.05, 0.1) is 6.54 Å². The van der Waals surface area contributed by atoms with Gasteiger partial charge < -0.3 is 10.6 Å². The number of benzene rings is 1. The van der Waals surface area contributed by atoms with E-state index in [1.807, 2.05) is 19.1 Å². The van der Waals surface area contributed by atoms with Crippen molar-refractivity contribution in [3.63, 3.8) is 0 Å². The van der Waals surface area contributed by atoms with Gasteiger partial charge in [-0.3, -0.25) is 9.59 Å². The number of aryl methyl sites for hydroxylation is 1. The monoisotopic (exact) mass is 248 g/mol. The van der Waals surface area contributed by atoms with Crippen LogP contribution in [0, 0.1) is 0 Å². The Morgan fingerprint density at radius 2 is 1.72 bits per heavy atom. The van der Waals surface area contributed by atoms with E-state index in [-0.39, 0.29) is 18.4 Å². The van der Waals surface area contributed by atoms with E-state index in [9.17, 15) is 9.59 Å². The maximum atomic E-state index is 11.7. The van der Waals surface area contributed by atoms with Gasteiger partial charge in [-0.25, -0.2) is 0 Å². The van der Waals surface area contributed by atoms with Crippen molar-refractivity contribution in [2.45, 2.75) is 26.7 Å². The summed E-state index contributed by atoms with van der Waals surface area (Å²) < 4.78 is 0. The summed E-state index contributed by atoms with van der Waals surface area (Å²) in [5.74, 6) is -0.375. The lowest BCUT2D eigenvalue weighted by Gasteiger charge is -2.06. The first-order valence-electron chi connectivity index (χ1n) is 6.31. The van der Waals surface area contributed by atoms with Crippen LogP contribution in [0.4, 0.5) is 0 Å². The largest absolute Gasteiger partial charge is 0.355 e. The van der Waals surface area contributed by atoms with Crippen molar-refractivity contribution in [3.05, 3.63) is 35.4 Å². The molecule has 98 valence electrons. The molecule has 2 N–H and O–H groups in total. The molecule has 0 radical (unpaired) electrons. The average molecular weight is 248 g/mol. The van der Waals surface area contributed by atoms with Crippen LogP contribution in [0.15, 0.2) is 24.3 Å². The van der Waals surface area contributed by atoms with E-state index in [1.54, 1.807) is 12.1 Å². The summed E-state index contributed by atoms with van der Waals surface area (Å²) in [6, 6.07) is 7.40. The van der Waals surface area contributed by atoms with Gasteiger partial charge in [-0.2, -0.15) is 0 Å². The van der Waals surface area contributed by atoms with E-state index in [4.69, 9.17) is 0 Å². The van der Waals surface area contributed by atoms with Crippen LogP contribution < -0.4 is 10.6 Å². The average Bonchev–Trinajstić information content (AvgIpc) is 2.42. The molecule has 0 bridgehead atoms. The van der Waals surface area contributed by atoms with Crippen LogP contribution in [0.3, 0.4) is 0 Å². The Morgan fingerprint density at radius 1 is 1.06 bits per heavy atom. The van der Waals surface area contributed by atoms with Crippen LogP contribution in [-0.4, -0.2) is 24.9 Å². The topological polar surface area (TPSA) is 58.2 Å². The number of amides is 2. The van der Waals surface area contributed by atoms with Gasteiger partial charge >= 0.3 is 0 Å². The molecule has 0 heterocycles. The van der Waals surface area contributed by atoms with Gasteiger partial charge in [-0.1, -0.05) is 26.0 Å². The highest BCUT2D eigenvalue weighted by Gasteiger charge is 2.07. The van der Waals surface area contributed by atoms with Crippen LogP contribution in [0.5, 0.6) is 0 Å². The van der Waals surface area contributed by atoms with E-state index in [2.05, 4.69) is 17.6 Å². The minimum atomic E-state index is -0.218. The number of hydrogen-bond donors (Lipinski definition) is 2. The Hall–Kier alpha value is -1.84. The molecule has 0 aliphatic heterocycles. The highest BCUT2D eigenvalue weighted by molar-refractivity contribution is 5.96. The molecule has 0 unspecified atom stereocenters. The molecule has 4 nitrogen and oxygen atoms in total. The first kappa shape index (κ1) is 14.2. The van der Waals surface area contributed by atoms with Crippen molar-refractivity contribution in [1.29, 1.82) is 0 Å². The lowest BCUT2D eigenvalue weighted by atomic mass is 10.1. The van der Waals surface area contributed by atoms with E-state index in [1.165, 1.54) is 5.56 Å². The van der Waals surface area contributed by atoms with Crippen molar-refractivity contribution >= 4 is 11.8 Å². The van der Waals surface area contributed by atoms with Crippen molar-refractivity contribution in [2.75, 3.05) is 13.1 Å². The molecule has 1 rings (SSSR count). The number of carbonyl (C=O) groups is 2. The highest BCUT2D eigenvalue weighted by Crippen LogP contribution is 2.04. The minimum Gasteiger partial charge on any atom is -0.355 e. The Bertz CT molecular complexity index is 399. The summed E-state index contributed by atoms with van der Waals surface area (Å²) in [6.45, 7) is 4.70. The molecule has 18 heavy (non-hydrogen) atoms. The molecule has 0 aliphatic carbocycles. The predicted octanol–water partition coefficient (Wildman–Crippen LogP) is 1.50. The summed E-state index contributed by atoms with van der Waals surface area (Å²) in [7, 11) is 0. The van der Waals surface area contributed by atoms with Crippen molar-refractivity contribution in [3.8, 4) is 0 Å². The third kappa shape index (κ3) is 4.57. The second-order valence-electron chi connectivity index (χ2n) is 4.08. The minimum absolute atomic E-state index is 0.0222. The van der Waals surface area contributed by atoms with E-state index in [0.717, 1.165) is 12.8 Å².